The number of aromatic nitrogens is 3. The van der Waals surface area contributed by atoms with E-state index in [4.69, 9.17) is 0 Å². The topological polar surface area (TPSA) is 92.2 Å². The molecule has 2 aromatic heterocycles. The molecule has 0 atom stereocenters. The van der Waals surface area contributed by atoms with Crippen LogP contribution in [0, 0.1) is 6.92 Å². The van der Waals surface area contributed by atoms with Crippen molar-refractivity contribution in [2.45, 2.75) is 64.5 Å². The molecule has 1 aliphatic carbocycles. The van der Waals surface area contributed by atoms with Crippen LogP contribution < -0.4 is 10.6 Å². The molecule has 8 heteroatoms. The number of likely N-dealkylation sites (tertiary alicyclic amines) is 1. The second-order valence-electron chi connectivity index (χ2n) is 11.8. The van der Waals surface area contributed by atoms with Gasteiger partial charge in [0.2, 0.25) is 0 Å². The fourth-order valence-corrected chi connectivity index (χ4v) is 5.57. The Labute approximate surface area is 247 Å². The molecule has 0 spiro atoms. The van der Waals surface area contributed by atoms with Crippen molar-refractivity contribution in [1.29, 1.82) is 0 Å². The lowest BCUT2D eigenvalue weighted by atomic mass is 9.88. The number of hydrogen-bond acceptors (Lipinski definition) is 5. The highest BCUT2D eigenvalue weighted by atomic mass is 16.2. The Morgan fingerprint density at radius 1 is 0.881 bits per heavy atom. The number of nitrogens with one attached hydrogen (secondary N) is 2. The van der Waals surface area contributed by atoms with Gasteiger partial charge in [-0.1, -0.05) is 30.3 Å². The molecular weight excluding hydrogens is 524 g/mol. The predicted octanol–water partition coefficient (Wildman–Crippen LogP) is 6.68. The number of pyridine rings is 1. The van der Waals surface area contributed by atoms with Crippen LogP contribution in [0.5, 0.6) is 0 Å². The van der Waals surface area contributed by atoms with Gasteiger partial charge in [0, 0.05) is 48.3 Å². The van der Waals surface area contributed by atoms with Gasteiger partial charge in [-0.2, -0.15) is 5.10 Å². The lowest BCUT2D eigenvalue weighted by Gasteiger charge is -2.32. The molecule has 1 aliphatic heterocycles. The summed E-state index contributed by atoms with van der Waals surface area (Å²) in [5.74, 6) is 0.900. The van der Waals surface area contributed by atoms with E-state index in [9.17, 15) is 9.59 Å². The van der Waals surface area contributed by atoms with E-state index in [0.717, 1.165) is 29.8 Å². The van der Waals surface area contributed by atoms with Gasteiger partial charge < -0.3 is 15.5 Å². The first-order valence-electron chi connectivity index (χ1n) is 14.9. The van der Waals surface area contributed by atoms with Crippen molar-refractivity contribution in [3.05, 3.63) is 95.4 Å². The van der Waals surface area contributed by atoms with Crippen molar-refractivity contribution < 1.29 is 9.59 Å². The third kappa shape index (κ3) is 6.22. The minimum Gasteiger partial charge on any atom is -0.368 e. The second kappa shape index (κ2) is 11.8. The van der Waals surface area contributed by atoms with Crippen LogP contribution in [0.15, 0.2) is 73.2 Å². The number of carbonyl (C=O) groups is 2. The number of rotatable bonds is 8. The van der Waals surface area contributed by atoms with E-state index < -0.39 is 0 Å². The molecule has 0 radical (unpaired) electrons. The minimum atomic E-state index is -0.255. The lowest BCUT2D eigenvalue weighted by Crippen LogP contribution is -2.38. The summed E-state index contributed by atoms with van der Waals surface area (Å²) in [6.07, 6.45) is 9.98. The van der Waals surface area contributed by atoms with E-state index >= 15 is 0 Å². The summed E-state index contributed by atoms with van der Waals surface area (Å²) >= 11 is 0. The number of piperidine rings is 1. The summed E-state index contributed by atoms with van der Waals surface area (Å²) in [4.78, 5) is 32.6. The van der Waals surface area contributed by atoms with Crippen LogP contribution in [0.2, 0.25) is 0 Å². The zero-order chi connectivity index (χ0) is 29.2. The third-order valence-corrected chi connectivity index (χ3v) is 8.22. The van der Waals surface area contributed by atoms with Gasteiger partial charge in [-0.05, 0) is 93.3 Å². The highest BCUT2D eigenvalue weighted by Gasteiger charge is 2.26. The van der Waals surface area contributed by atoms with E-state index in [1.807, 2.05) is 44.0 Å². The van der Waals surface area contributed by atoms with Crippen molar-refractivity contribution in [2.75, 3.05) is 23.7 Å². The number of hydrogen-bond donors (Lipinski definition) is 2. The van der Waals surface area contributed by atoms with Gasteiger partial charge in [0.15, 0.2) is 0 Å². The summed E-state index contributed by atoms with van der Waals surface area (Å²) < 4.78 is 2.09. The molecule has 2 fully saturated rings. The molecule has 4 aromatic rings. The van der Waals surface area contributed by atoms with E-state index in [2.05, 4.69) is 55.9 Å². The number of carbonyl (C=O) groups excluding carboxylic acids is 2. The largest absolute Gasteiger partial charge is 0.368 e. The summed E-state index contributed by atoms with van der Waals surface area (Å²) in [5.41, 5.74) is 6.25. The Kier molecular flexibility index (Phi) is 7.78. The summed E-state index contributed by atoms with van der Waals surface area (Å²) in [7, 11) is 0. The SMILES string of the molecule is Cc1ccc(C(=O)N2CCC(c3ccc(-c4cnn(C5CC5)c4)cc3)CC2)cc1NC(=O)c1ccc(NC(C)C)nc1. The highest BCUT2D eigenvalue weighted by Crippen LogP contribution is 2.36. The molecular formula is C34H38N6O2. The fourth-order valence-electron chi connectivity index (χ4n) is 5.57. The highest BCUT2D eigenvalue weighted by molar-refractivity contribution is 6.05. The van der Waals surface area contributed by atoms with E-state index in [-0.39, 0.29) is 17.9 Å². The van der Waals surface area contributed by atoms with Gasteiger partial charge in [-0.3, -0.25) is 14.3 Å². The molecule has 3 heterocycles. The Bertz CT molecular complexity index is 1560. The van der Waals surface area contributed by atoms with E-state index in [1.54, 1.807) is 24.4 Å². The zero-order valence-corrected chi connectivity index (χ0v) is 24.5. The fraction of sp³-hybridized carbons (Fsp3) is 0.353. The lowest BCUT2D eigenvalue weighted by molar-refractivity contribution is 0.0712. The molecule has 216 valence electrons. The van der Waals surface area contributed by atoms with Crippen molar-refractivity contribution in [1.82, 2.24) is 19.7 Å². The molecule has 0 unspecified atom stereocenters. The number of nitrogens with zero attached hydrogens (tertiary/aromatic N) is 4. The van der Waals surface area contributed by atoms with Crippen LogP contribution in [-0.2, 0) is 0 Å². The normalized spacial score (nSPS) is 15.6. The number of benzene rings is 2. The van der Waals surface area contributed by atoms with Crippen LogP contribution in [-0.4, -0.2) is 50.6 Å². The average molecular weight is 563 g/mol. The molecule has 2 aromatic carbocycles. The Hall–Kier alpha value is -4.46. The number of amides is 2. The maximum Gasteiger partial charge on any atom is 0.257 e. The average Bonchev–Trinajstić information content (AvgIpc) is 3.74. The molecule has 1 saturated carbocycles. The molecule has 0 bridgehead atoms. The quantitative estimate of drug-likeness (QED) is 0.250. The van der Waals surface area contributed by atoms with Crippen molar-refractivity contribution >= 4 is 23.3 Å². The van der Waals surface area contributed by atoms with Gasteiger partial charge in [0.25, 0.3) is 11.8 Å². The zero-order valence-electron chi connectivity index (χ0n) is 24.5. The van der Waals surface area contributed by atoms with Crippen LogP contribution >= 0.6 is 0 Å². The van der Waals surface area contributed by atoms with Gasteiger partial charge in [0.1, 0.15) is 5.82 Å². The maximum absolute atomic E-state index is 13.4. The summed E-state index contributed by atoms with van der Waals surface area (Å²) in [5, 5.41) is 10.7. The van der Waals surface area contributed by atoms with Crippen molar-refractivity contribution in [3.8, 4) is 11.1 Å². The Morgan fingerprint density at radius 3 is 2.29 bits per heavy atom. The van der Waals surface area contributed by atoms with Crippen LogP contribution in [0.25, 0.3) is 11.1 Å². The van der Waals surface area contributed by atoms with E-state index in [0.29, 0.717) is 41.9 Å². The maximum atomic E-state index is 13.4. The van der Waals surface area contributed by atoms with Gasteiger partial charge in [0.05, 0.1) is 17.8 Å². The van der Waals surface area contributed by atoms with Crippen molar-refractivity contribution in [3.63, 3.8) is 0 Å². The summed E-state index contributed by atoms with van der Waals surface area (Å²) in [6, 6.07) is 18.7. The van der Waals surface area contributed by atoms with Crippen molar-refractivity contribution in [2.24, 2.45) is 0 Å². The smallest absolute Gasteiger partial charge is 0.257 e. The molecule has 1 saturated heterocycles. The Balaban J connectivity index is 1.05. The molecule has 2 N–H and O–H groups in total. The van der Waals surface area contributed by atoms with Gasteiger partial charge in [-0.15, -0.1) is 0 Å². The van der Waals surface area contributed by atoms with Crippen LogP contribution in [0.3, 0.4) is 0 Å². The first-order chi connectivity index (χ1) is 20.3. The Morgan fingerprint density at radius 2 is 1.62 bits per heavy atom. The summed E-state index contributed by atoms with van der Waals surface area (Å²) in [6.45, 7) is 7.41. The molecule has 2 aliphatic rings. The number of aryl methyl sites for hydroxylation is 1. The van der Waals surface area contributed by atoms with Gasteiger partial charge in [-0.25, -0.2) is 4.98 Å². The predicted molar refractivity (Wildman–Crippen MR) is 166 cm³/mol. The molecule has 42 heavy (non-hydrogen) atoms. The van der Waals surface area contributed by atoms with Crippen LogP contribution in [0.1, 0.15) is 83.3 Å². The van der Waals surface area contributed by atoms with Gasteiger partial charge >= 0.3 is 0 Å². The number of anilines is 2. The molecule has 8 nitrogen and oxygen atoms in total. The minimum absolute atomic E-state index is 0.00208. The first kappa shape index (κ1) is 27.7. The van der Waals surface area contributed by atoms with E-state index in [1.165, 1.54) is 24.0 Å². The third-order valence-electron chi connectivity index (χ3n) is 8.22. The van der Waals surface area contributed by atoms with Crippen LogP contribution in [0.4, 0.5) is 11.5 Å². The molecule has 2 amide bonds. The second-order valence-corrected chi connectivity index (χ2v) is 11.8. The standard InChI is InChI=1S/C34H38N6O2/c1-22(2)37-32-13-10-28(19-35-32)33(41)38-31-18-27(5-4-23(31)3)34(42)39-16-14-26(15-17-39)24-6-8-25(9-7-24)29-20-36-40(21-29)30-11-12-30/h4-10,13,18-22,26,30H,11-12,14-17H2,1-3H3,(H,35,37)(H,38,41). The molecule has 6 rings (SSSR count). The monoisotopic (exact) mass is 562 g/mol. The first-order valence-corrected chi connectivity index (χ1v) is 14.9.